The van der Waals surface area contributed by atoms with Crippen LogP contribution < -0.4 is 5.32 Å². The van der Waals surface area contributed by atoms with Crippen molar-refractivity contribution in [3.8, 4) is 6.07 Å². The van der Waals surface area contributed by atoms with Crippen LogP contribution in [0, 0.1) is 29.1 Å². The minimum atomic E-state index is 0.509. The third-order valence-electron chi connectivity index (χ3n) is 3.94. The van der Waals surface area contributed by atoms with Crippen LogP contribution in [0.25, 0.3) is 0 Å². The van der Waals surface area contributed by atoms with Crippen molar-refractivity contribution in [2.24, 2.45) is 17.8 Å². The van der Waals surface area contributed by atoms with Gasteiger partial charge in [-0.3, -0.25) is 0 Å². The largest absolute Gasteiger partial charge is 0.302 e. The van der Waals surface area contributed by atoms with Crippen molar-refractivity contribution in [1.82, 2.24) is 5.32 Å². The van der Waals surface area contributed by atoms with E-state index >= 15 is 0 Å². The van der Waals surface area contributed by atoms with Crippen molar-refractivity contribution in [2.75, 3.05) is 6.54 Å². The molecule has 13 heavy (non-hydrogen) atoms. The Kier molecular flexibility index (Phi) is 2.55. The van der Waals surface area contributed by atoms with E-state index in [2.05, 4.69) is 18.3 Å². The van der Waals surface area contributed by atoms with Crippen molar-refractivity contribution < 1.29 is 0 Å². The lowest BCUT2D eigenvalue weighted by atomic mass is 9.84. The van der Waals surface area contributed by atoms with E-state index in [9.17, 15) is 0 Å². The first-order valence-corrected chi connectivity index (χ1v) is 5.41. The normalized spacial score (nSPS) is 38.9. The number of rotatable bonds is 3. The van der Waals surface area contributed by atoms with Gasteiger partial charge in [-0.15, -0.1) is 0 Å². The first-order valence-electron chi connectivity index (χ1n) is 5.41. The fraction of sp³-hybridized carbons (Fsp3) is 0.909. The highest BCUT2D eigenvalue weighted by molar-refractivity contribution is 4.94. The number of fused-ring (bicyclic) bond motifs is 2. The minimum absolute atomic E-state index is 0.509. The molecule has 0 spiro atoms. The summed E-state index contributed by atoms with van der Waals surface area (Å²) >= 11 is 0. The molecule has 2 aliphatic carbocycles. The summed E-state index contributed by atoms with van der Waals surface area (Å²) in [5.74, 6) is 2.83. The van der Waals surface area contributed by atoms with Gasteiger partial charge in [-0.25, -0.2) is 0 Å². The summed E-state index contributed by atoms with van der Waals surface area (Å²) in [6, 6.07) is 2.71. The highest BCUT2D eigenvalue weighted by Crippen LogP contribution is 2.49. The van der Waals surface area contributed by atoms with Crippen LogP contribution in [0.15, 0.2) is 0 Å². The topological polar surface area (TPSA) is 35.8 Å². The van der Waals surface area contributed by atoms with Gasteiger partial charge >= 0.3 is 0 Å². The van der Waals surface area contributed by atoms with Crippen LogP contribution in [-0.4, -0.2) is 12.6 Å². The van der Waals surface area contributed by atoms with Crippen molar-refractivity contribution in [3.63, 3.8) is 0 Å². The quantitative estimate of drug-likeness (QED) is 0.670. The average Bonchev–Trinajstić information content (AvgIpc) is 2.74. The molecule has 4 unspecified atom stereocenters. The lowest BCUT2D eigenvalue weighted by molar-refractivity contribution is 0.265. The van der Waals surface area contributed by atoms with E-state index in [4.69, 9.17) is 5.26 Å². The van der Waals surface area contributed by atoms with Crippen molar-refractivity contribution in [2.45, 2.75) is 38.6 Å². The number of hydrogen-bond acceptors (Lipinski definition) is 2. The molecule has 2 nitrogen and oxygen atoms in total. The van der Waals surface area contributed by atoms with Crippen LogP contribution in [0.4, 0.5) is 0 Å². The van der Waals surface area contributed by atoms with Gasteiger partial charge < -0.3 is 5.32 Å². The van der Waals surface area contributed by atoms with Crippen LogP contribution in [0.3, 0.4) is 0 Å². The van der Waals surface area contributed by atoms with Crippen LogP contribution >= 0.6 is 0 Å². The fourth-order valence-corrected chi connectivity index (χ4v) is 3.26. The Morgan fingerprint density at radius 1 is 1.46 bits per heavy atom. The van der Waals surface area contributed by atoms with Crippen molar-refractivity contribution in [3.05, 3.63) is 0 Å². The molecular weight excluding hydrogens is 160 g/mol. The summed E-state index contributed by atoms with van der Waals surface area (Å²) in [5.41, 5.74) is 0. The molecule has 0 aromatic heterocycles. The van der Waals surface area contributed by atoms with E-state index in [1.54, 1.807) is 0 Å². The Balaban J connectivity index is 1.84. The summed E-state index contributed by atoms with van der Waals surface area (Å²) < 4.78 is 0. The van der Waals surface area contributed by atoms with E-state index in [-0.39, 0.29) is 0 Å². The summed E-state index contributed by atoms with van der Waals surface area (Å²) in [5, 5.41) is 11.8. The SMILES string of the molecule is CC(NCC#N)C1CC2CCC1C2. The summed E-state index contributed by atoms with van der Waals surface area (Å²) in [6.45, 7) is 2.75. The van der Waals surface area contributed by atoms with Gasteiger partial charge in [-0.05, 0) is 43.9 Å². The summed E-state index contributed by atoms with van der Waals surface area (Å²) in [6.07, 6.45) is 5.77. The molecule has 0 aliphatic heterocycles. The van der Waals surface area contributed by atoms with Crippen LogP contribution in [-0.2, 0) is 0 Å². The molecule has 2 fully saturated rings. The van der Waals surface area contributed by atoms with Gasteiger partial charge in [0.2, 0.25) is 0 Å². The lowest BCUT2D eigenvalue weighted by Gasteiger charge is -2.27. The maximum absolute atomic E-state index is 8.48. The standard InChI is InChI=1S/C11H18N2/c1-8(13-5-4-12)11-7-9-2-3-10(11)6-9/h8-11,13H,2-3,5-7H2,1H3. The van der Waals surface area contributed by atoms with Crippen LogP contribution in [0.5, 0.6) is 0 Å². The third kappa shape index (κ3) is 1.71. The van der Waals surface area contributed by atoms with Gasteiger partial charge in [-0.2, -0.15) is 5.26 Å². The first kappa shape index (κ1) is 9.02. The zero-order valence-corrected chi connectivity index (χ0v) is 8.29. The number of hydrogen-bond donors (Lipinski definition) is 1. The Bertz CT molecular complexity index is 219. The number of nitrogens with one attached hydrogen (secondary N) is 1. The van der Waals surface area contributed by atoms with E-state index < -0.39 is 0 Å². The van der Waals surface area contributed by atoms with Gasteiger partial charge in [0.25, 0.3) is 0 Å². The molecule has 4 atom stereocenters. The Hall–Kier alpha value is -0.550. The minimum Gasteiger partial charge on any atom is -0.302 e. The van der Waals surface area contributed by atoms with Gasteiger partial charge in [0, 0.05) is 6.04 Å². The summed E-state index contributed by atoms with van der Waals surface area (Å²) in [7, 11) is 0. The molecule has 0 radical (unpaired) electrons. The molecule has 0 aromatic rings. The molecule has 0 saturated heterocycles. The average molecular weight is 178 g/mol. The fourth-order valence-electron chi connectivity index (χ4n) is 3.26. The highest BCUT2D eigenvalue weighted by Gasteiger charge is 2.41. The summed E-state index contributed by atoms with van der Waals surface area (Å²) in [4.78, 5) is 0. The lowest BCUT2D eigenvalue weighted by Crippen LogP contribution is -2.36. The molecule has 1 N–H and O–H groups in total. The number of nitrogens with zero attached hydrogens (tertiary/aromatic N) is 1. The van der Waals surface area contributed by atoms with E-state index in [1.165, 1.54) is 25.7 Å². The molecule has 2 aliphatic rings. The van der Waals surface area contributed by atoms with Gasteiger partial charge in [0.05, 0.1) is 12.6 Å². The second kappa shape index (κ2) is 3.67. The van der Waals surface area contributed by atoms with Crippen molar-refractivity contribution >= 4 is 0 Å². The maximum atomic E-state index is 8.48. The van der Waals surface area contributed by atoms with E-state index in [1.807, 2.05) is 0 Å². The predicted molar refractivity (Wildman–Crippen MR) is 52.0 cm³/mol. The molecule has 2 bridgehead atoms. The Labute approximate surface area is 80.3 Å². The molecular formula is C11H18N2. The monoisotopic (exact) mass is 178 g/mol. The van der Waals surface area contributed by atoms with Gasteiger partial charge in [0.1, 0.15) is 0 Å². The molecule has 2 heteroatoms. The van der Waals surface area contributed by atoms with Crippen LogP contribution in [0.1, 0.15) is 32.6 Å². The second-order valence-electron chi connectivity index (χ2n) is 4.67. The zero-order valence-electron chi connectivity index (χ0n) is 8.29. The Morgan fingerprint density at radius 3 is 2.85 bits per heavy atom. The highest BCUT2D eigenvalue weighted by atomic mass is 14.9. The molecule has 0 aromatic carbocycles. The molecule has 2 saturated carbocycles. The van der Waals surface area contributed by atoms with E-state index in [0.29, 0.717) is 12.6 Å². The maximum Gasteiger partial charge on any atom is 0.0843 e. The third-order valence-corrected chi connectivity index (χ3v) is 3.94. The van der Waals surface area contributed by atoms with Crippen molar-refractivity contribution in [1.29, 1.82) is 5.26 Å². The Morgan fingerprint density at radius 2 is 2.31 bits per heavy atom. The number of nitriles is 1. The van der Waals surface area contributed by atoms with Gasteiger partial charge in [-0.1, -0.05) is 6.42 Å². The molecule has 0 amide bonds. The smallest absolute Gasteiger partial charge is 0.0843 e. The second-order valence-corrected chi connectivity index (χ2v) is 4.67. The first-order chi connectivity index (χ1) is 6.31. The molecule has 0 heterocycles. The van der Waals surface area contributed by atoms with Gasteiger partial charge in [0.15, 0.2) is 0 Å². The molecule has 2 rings (SSSR count). The zero-order chi connectivity index (χ0) is 9.26. The van der Waals surface area contributed by atoms with Crippen LogP contribution in [0.2, 0.25) is 0 Å². The predicted octanol–water partition coefficient (Wildman–Crippen LogP) is 1.92. The van der Waals surface area contributed by atoms with E-state index in [0.717, 1.165) is 17.8 Å². The molecule has 72 valence electrons.